The summed E-state index contributed by atoms with van der Waals surface area (Å²) in [6.45, 7) is 0.0362. The number of fused-ring (bicyclic) bond motifs is 2. The van der Waals surface area contributed by atoms with Crippen molar-refractivity contribution in [3.63, 3.8) is 0 Å². The van der Waals surface area contributed by atoms with E-state index in [0.29, 0.717) is 15.1 Å². The predicted octanol–water partition coefficient (Wildman–Crippen LogP) is -0.605. The summed E-state index contributed by atoms with van der Waals surface area (Å²) in [5.41, 5.74) is 2.84. The highest BCUT2D eigenvalue weighted by molar-refractivity contribution is 5.71. The van der Waals surface area contributed by atoms with E-state index in [1.54, 1.807) is 12.1 Å². The van der Waals surface area contributed by atoms with Gasteiger partial charge in [-0.3, -0.25) is 5.32 Å². The van der Waals surface area contributed by atoms with Gasteiger partial charge in [0, 0.05) is 10.9 Å². The zero-order chi connectivity index (χ0) is 13.4. The van der Waals surface area contributed by atoms with Crippen LogP contribution < -0.4 is 14.9 Å². The Morgan fingerprint density at radius 2 is 1.89 bits per heavy atom. The van der Waals surface area contributed by atoms with Crippen LogP contribution >= 0.6 is 0 Å². The molecule has 0 amide bonds. The van der Waals surface area contributed by atoms with Crippen molar-refractivity contribution in [3.05, 3.63) is 33.7 Å². The molecule has 0 unspecified atom stereocenters. The van der Waals surface area contributed by atoms with Crippen LogP contribution in [0.4, 0.5) is 5.95 Å². The summed E-state index contributed by atoms with van der Waals surface area (Å²) in [5.74, 6) is -0.0884. The van der Waals surface area contributed by atoms with E-state index < -0.39 is 0 Å². The fourth-order valence-electron chi connectivity index (χ4n) is 2.48. The fraction of sp³-hybridized carbons (Fsp3) is 0.417. The molecule has 0 radical (unpaired) electrons. The molecule has 0 saturated carbocycles. The maximum Gasteiger partial charge on any atom is 0.461 e. The van der Waals surface area contributed by atoms with Crippen LogP contribution in [-0.4, -0.2) is 23.4 Å². The van der Waals surface area contributed by atoms with Crippen molar-refractivity contribution in [2.24, 2.45) is 0 Å². The van der Waals surface area contributed by atoms with E-state index in [1.165, 1.54) is 0 Å². The summed E-state index contributed by atoms with van der Waals surface area (Å²) < 4.78 is 0.609. The van der Waals surface area contributed by atoms with Crippen molar-refractivity contribution in [2.45, 2.75) is 19.3 Å². The van der Waals surface area contributed by atoms with Gasteiger partial charge in [0.2, 0.25) is 5.10 Å². The second kappa shape index (κ2) is 4.51. The first-order valence-electron chi connectivity index (χ1n) is 6.24. The molecule has 3 rings (SSSR count). The average molecular weight is 262 g/mol. The number of nitrogens with one attached hydrogen (secondary N) is 1. The number of aryl methyl sites for hydroxylation is 2. The van der Waals surface area contributed by atoms with Crippen LogP contribution in [0.1, 0.15) is 17.5 Å². The van der Waals surface area contributed by atoms with Gasteiger partial charge in [0.25, 0.3) is 5.52 Å². The molecule has 100 valence electrons. The smallest absolute Gasteiger partial charge is 0.461 e. The van der Waals surface area contributed by atoms with Gasteiger partial charge in [-0.05, 0) is 36.5 Å². The highest BCUT2D eigenvalue weighted by Crippen LogP contribution is 2.24. The number of hydrogen-bond acceptors (Lipinski definition) is 5. The Morgan fingerprint density at radius 3 is 2.58 bits per heavy atom. The molecule has 0 bridgehead atoms. The largest absolute Gasteiger partial charge is 0.739 e. The molecule has 2 N–H and O–H groups in total. The summed E-state index contributed by atoms with van der Waals surface area (Å²) >= 11 is 0. The van der Waals surface area contributed by atoms with Crippen LogP contribution in [0.2, 0.25) is 0 Å². The third kappa shape index (κ3) is 1.91. The van der Waals surface area contributed by atoms with Crippen LogP contribution in [0.15, 0.2) is 12.1 Å². The van der Waals surface area contributed by atoms with E-state index in [0.717, 1.165) is 30.4 Å². The highest BCUT2D eigenvalue weighted by Gasteiger charge is 2.23. The molecular formula is C12H14N4O3. The zero-order valence-corrected chi connectivity index (χ0v) is 10.3. The Morgan fingerprint density at radius 1 is 1.21 bits per heavy atom. The van der Waals surface area contributed by atoms with Crippen LogP contribution in [0.25, 0.3) is 11.0 Å². The van der Waals surface area contributed by atoms with E-state index in [2.05, 4.69) is 10.4 Å². The van der Waals surface area contributed by atoms with Crippen molar-refractivity contribution in [1.82, 2.24) is 5.10 Å². The lowest BCUT2D eigenvalue weighted by molar-refractivity contribution is -0.672. The maximum absolute atomic E-state index is 12.1. The summed E-state index contributed by atoms with van der Waals surface area (Å²) in [6.07, 6.45) is 2.92. The number of aliphatic hydroxyl groups excluding tert-OH is 1. The number of aromatic nitrogens is 3. The molecule has 7 nitrogen and oxygen atoms in total. The number of benzene rings is 1. The predicted molar refractivity (Wildman–Crippen MR) is 67.3 cm³/mol. The van der Waals surface area contributed by atoms with Gasteiger partial charge in [0.15, 0.2) is 5.52 Å². The molecule has 2 aromatic rings. The molecule has 0 atom stereocenters. The zero-order valence-electron chi connectivity index (χ0n) is 10.3. The van der Waals surface area contributed by atoms with E-state index in [9.17, 15) is 10.4 Å². The molecule has 19 heavy (non-hydrogen) atoms. The lowest BCUT2D eigenvalue weighted by atomic mass is 10.1. The Hall–Kier alpha value is -2.15. The van der Waals surface area contributed by atoms with Gasteiger partial charge >= 0.3 is 5.95 Å². The molecule has 1 heterocycles. The van der Waals surface area contributed by atoms with Gasteiger partial charge in [-0.1, -0.05) is 0 Å². The van der Waals surface area contributed by atoms with Crippen molar-refractivity contribution < 1.29 is 14.7 Å². The van der Waals surface area contributed by atoms with E-state index in [1.807, 2.05) is 0 Å². The third-order valence-corrected chi connectivity index (χ3v) is 3.39. The minimum atomic E-state index is -0.136. The Balaban J connectivity index is 2.18. The summed E-state index contributed by atoms with van der Waals surface area (Å²) in [6, 6.07) is 3.52. The SMILES string of the molecule is [O-][n+]1nc(NCCO)[n+]([O-])c2cc3c(cc21)CCC3. The van der Waals surface area contributed by atoms with E-state index in [4.69, 9.17) is 5.11 Å². The van der Waals surface area contributed by atoms with Gasteiger partial charge < -0.3 is 15.5 Å². The van der Waals surface area contributed by atoms with Crippen molar-refractivity contribution in [2.75, 3.05) is 18.5 Å². The molecule has 1 aromatic heterocycles. The van der Waals surface area contributed by atoms with Crippen LogP contribution in [0, 0.1) is 10.4 Å². The molecule has 7 heteroatoms. The molecule has 0 fully saturated rings. The van der Waals surface area contributed by atoms with Crippen LogP contribution in [0.3, 0.4) is 0 Å². The lowest BCUT2D eigenvalue weighted by Gasteiger charge is -2.10. The quantitative estimate of drug-likeness (QED) is 0.568. The molecule has 1 aliphatic carbocycles. The lowest BCUT2D eigenvalue weighted by Crippen LogP contribution is -2.44. The average Bonchev–Trinajstić information content (AvgIpc) is 2.87. The summed E-state index contributed by atoms with van der Waals surface area (Å²) in [7, 11) is 0. The second-order valence-corrected chi connectivity index (χ2v) is 4.60. The van der Waals surface area contributed by atoms with Crippen molar-refractivity contribution in [1.29, 1.82) is 0 Å². The number of hydrogen-bond donors (Lipinski definition) is 2. The molecular weight excluding hydrogens is 248 g/mol. The van der Waals surface area contributed by atoms with Gasteiger partial charge in [0.1, 0.15) is 0 Å². The van der Waals surface area contributed by atoms with Crippen molar-refractivity contribution >= 4 is 17.0 Å². The van der Waals surface area contributed by atoms with Gasteiger partial charge in [-0.25, -0.2) is 4.73 Å². The Kier molecular flexibility index (Phi) is 2.83. The van der Waals surface area contributed by atoms with Crippen LogP contribution in [0.5, 0.6) is 0 Å². The molecule has 1 aliphatic rings. The van der Waals surface area contributed by atoms with Crippen LogP contribution in [-0.2, 0) is 12.8 Å². The Bertz CT molecular complexity index is 645. The first kappa shape index (κ1) is 11.9. The van der Waals surface area contributed by atoms with Crippen molar-refractivity contribution in [3.8, 4) is 0 Å². The topological polar surface area (TPSA) is 99.0 Å². The molecule has 0 aliphatic heterocycles. The minimum Gasteiger partial charge on any atom is -0.739 e. The van der Waals surface area contributed by atoms with Gasteiger partial charge in [-0.15, -0.1) is 0 Å². The third-order valence-electron chi connectivity index (χ3n) is 3.39. The second-order valence-electron chi connectivity index (χ2n) is 4.60. The number of rotatable bonds is 3. The maximum atomic E-state index is 12.1. The highest BCUT2D eigenvalue weighted by atomic mass is 16.5. The van der Waals surface area contributed by atoms with E-state index in [-0.39, 0.29) is 24.6 Å². The number of nitrogens with zero attached hydrogens (tertiary/aromatic N) is 3. The number of aliphatic hydroxyl groups is 1. The number of anilines is 1. The normalized spacial score (nSPS) is 13.7. The fourth-order valence-corrected chi connectivity index (χ4v) is 2.48. The summed E-state index contributed by atoms with van der Waals surface area (Å²) in [4.78, 5) is 0.460. The summed E-state index contributed by atoms with van der Waals surface area (Å²) in [5, 5.41) is 39.0. The first-order valence-corrected chi connectivity index (χ1v) is 6.24. The molecule has 0 spiro atoms. The Labute approximate surface area is 109 Å². The van der Waals surface area contributed by atoms with Gasteiger partial charge in [0.05, 0.1) is 13.2 Å². The standard InChI is InChI=1S/C12H14N4O3/c17-5-4-13-12-14-16(19)11-7-9-3-1-2-8(9)6-10(11)15(12)18/h6-7,17H,1-5H2,(H,13,14). The van der Waals surface area contributed by atoms with E-state index >= 15 is 0 Å². The van der Waals surface area contributed by atoms with Gasteiger partial charge in [-0.2, -0.15) is 0 Å². The monoisotopic (exact) mass is 262 g/mol. The molecule has 1 aromatic carbocycles. The molecule has 0 saturated heterocycles. The first-order chi connectivity index (χ1) is 9.20. The minimum absolute atomic E-state index is 0.0884.